The van der Waals surface area contributed by atoms with Crippen LogP contribution in [0.25, 0.3) is 0 Å². The van der Waals surface area contributed by atoms with Crippen LogP contribution in [-0.2, 0) is 4.79 Å². The third-order valence-electron chi connectivity index (χ3n) is 3.40. The predicted molar refractivity (Wildman–Crippen MR) is 72.8 cm³/mol. The molecule has 6 heteroatoms. The van der Waals surface area contributed by atoms with Gasteiger partial charge < -0.3 is 10.4 Å². The minimum absolute atomic E-state index is 0.280. The number of halogens is 1. The number of aromatic nitrogens is 1. The van der Waals surface area contributed by atoms with Gasteiger partial charge in [-0.25, -0.2) is 4.98 Å². The van der Waals surface area contributed by atoms with E-state index in [1.807, 2.05) is 0 Å². The zero-order chi connectivity index (χ0) is 13.8. The number of aliphatic carboxylic acids is 1. The number of hydrogen-bond donors (Lipinski definition) is 2. The van der Waals surface area contributed by atoms with Crippen molar-refractivity contribution in [3.8, 4) is 0 Å². The molecule has 1 saturated carbocycles. The van der Waals surface area contributed by atoms with Crippen molar-refractivity contribution in [1.29, 1.82) is 0 Å². The summed E-state index contributed by atoms with van der Waals surface area (Å²) in [5, 5.41) is 12.0. The molecular weight excluding hydrogens is 312 g/mol. The summed E-state index contributed by atoms with van der Waals surface area (Å²) in [6.45, 7) is 0. The van der Waals surface area contributed by atoms with Crippen molar-refractivity contribution >= 4 is 27.8 Å². The van der Waals surface area contributed by atoms with Gasteiger partial charge in [-0.2, -0.15) is 0 Å². The number of carbonyl (C=O) groups is 2. The van der Waals surface area contributed by atoms with Crippen LogP contribution in [0.5, 0.6) is 0 Å². The molecule has 1 heterocycles. The molecule has 0 saturated heterocycles. The highest BCUT2D eigenvalue weighted by molar-refractivity contribution is 9.10. The largest absolute Gasteiger partial charge is 0.481 e. The smallest absolute Gasteiger partial charge is 0.308 e. The minimum atomic E-state index is -0.838. The first kappa shape index (κ1) is 14.0. The maximum absolute atomic E-state index is 12.1. The zero-order valence-corrected chi connectivity index (χ0v) is 11.9. The maximum atomic E-state index is 12.1. The molecule has 2 N–H and O–H groups in total. The molecule has 2 unspecified atom stereocenters. The van der Waals surface area contributed by atoms with Crippen LogP contribution in [0.15, 0.2) is 22.9 Å². The van der Waals surface area contributed by atoms with Crippen LogP contribution in [0.3, 0.4) is 0 Å². The average molecular weight is 327 g/mol. The molecule has 0 radical (unpaired) electrons. The van der Waals surface area contributed by atoms with Crippen LogP contribution in [-0.4, -0.2) is 28.0 Å². The summed E-state index contributed by atoms with van der Waals surface area (Å²) in [5.74, 6) is -1.61. The van der Waals surface area contributed by atoms with Gasteiger partial charge in [0.05, 0.1) is 11.5 Å². The maximum Gasteiger partial charge on any atom is 0.308 e. The van der Waals surface area contributed by atoms with Crippen LogP contribution in [0, 0.1) is 5.92 Å². The second kappa shape index (κ2) is 6.14. The number of amides is 1. The molecule has 1 amide bonds. The molecule has 1 aromatic heterocycles. The topological polar surface area (TPSA) is 79.3 Å². The molecule has 2 rings (SSSR count). The second-order valence-electron chi connectivity index (χ2n) is 4.65. The second-order valence-corrected chi connectivity index (χ2v) is 5.40. The first-order valence-corrected chi connectivity index (χ1v) is 7.03. The number of carboxylic acids is 1. The number of carbonyl (C=O) groups excluding carboxylic acids is 1. The number of rotatable bonds is 3. The Morgan fingerprint density at radius 1 is 1.37 bits per heavy atom. The van der Waals surface area contributed by atoms with E-state index in [2.05, 4.69) is 26.2 Å². The van der Waals surface area contributed by atoms with E-state index < -0.39 is 11.9 Å². The Bertz CT molecular complexity index is 493. The summed E-state index contributed by atoms with van der Waals surface area (Å²) in [5.41, 5.74) is 0.428. The Morgan fingerprint density at radius 2 is 2.11 bits per heavy atom. The lowest BCUT2D eigenvalue weighted by Crippen LogP contribution is -2.45. The number of pyridine rings is 1. The van der Waals surface area contributed by atoms with Gasteiger partial charge in [-0.05, 0) is 40.9 Å². The quantitative estimate of drug-likeness (QED) is 0.835. The Balaban J connectivity index is 2.09. The molecule has 0 aromatic carbocycles. The molecule has 1 aliphatic rings. The van der Waals surface area contributed by atoms with Crippen molar-refractivity contribution in [1.82, 2.24) is 10.3 Å². The standard InChI is InChI=1S/C13H15BrN2O3/c14-11-9(5-3-7-15-11)12(17)16-10-6-2-1-4-8(10)13(18)19/h3,5,7-8,10H,1-2,4,6H2,(H,16,17)(H,18,19). The highest BCUT2D eigenvalue weighted by Gasteiger charge is 2.32. The van der Waals surface area contributed by atoms with Gasteiger partial charge in [0.25, 0.3) is 5.91 Å². The summed E-state index contributed by atoms with van der Waals surface area (Å²) < 4.78 is 0.468. The van der Waals surface area contributed by atoms with Gasteiger partial charge in [0.15, 0.2) is 0 Å². The van der Waals surface area contributed by atoms with Crippen LogP contribution >= 0.6 is 15.9 Å². The predicted octanol–water partition coefficient (Wildman–Crippen LogP) is 2.22. The third-order valence-corrected chi connectivity index (χ3v) is 4.04. The van der Waals surface area contributed by atoms with E-state index in [0.29, 0.717) is 23.0 Å². The monoisotopic (exact) mass is 326 g/mol. The molecule has 0 aliphatic heterocycles. The summed E-state index contributed by atoms with van der Waals surface area (Å²) in [7, 11) is 0. The van der Waals surface area contributed by atoms with Gasteiger partial charge in [-0.15, -0.1) is 0 Å². The van der Waals surface area contributed by atoms with Gasteiger partial charge in [-0.3, -0.25) is 9.59 Å². The third kappa shape index (κ3) is 3.32. The first-order chi connectivity index (χ1) is 9.09. The summed E-state index contributed by atoms with van der Waals surface area (Å²) in [6.07, 6.45) is 4.76. The fraction of sp³-hybridized carbons (Fsp3) is 0.462. The molecule has 1 fully saturated rings. The lowest BCUT2D eigenvalue weighted by molar-refractivity contribution is -0.143. The van der Waals surface area contributed by atoms with E-state index in [4.69, 9.17) is 0 Å². The van der Waals surface area contributed by atoms with Crippen LogP contribution in [0.1, 0.15) is 36.0 Å². The number of hydrogen-bond acceptors (Lipinski definition) is 3. The van der Waals surface area contributed by atoms with Gasteiger partial charge >= 0.3 is 5.97 Å². The van der Waals surface area contributed by atoms with Gasteiger partial charge in [0.1, 0.15) is 4.60 Å². The molecule has 1 aromatic rings. The minimum Gasteiger partial charge on any atom is -0.481 e. The van der Waals surface area contributed by atoms with Crippen molar-refractivity contribution in [2.45, 2.75) is 31.7 Å². The first-order valence-electron chi connectivity index (χ1n) is 6.24. The molecule has 1 aliphatic carbocycles. The Labute approximate surface area is 119 Å². The zero-order valence-electron chi connectivity index (χ0n) is 10.3. The van der Waals surface area contributed by atoms with Gasteiger partial charge in [-0.1, -0.05) is 12.8 Å². The molecule has 102 valence electrons. The average Bonchev–Trinajstić information content (AvgIpc) is 2.39. The molecule has 19 heavy (non-hydrogen) atoms. The van der Waals surface area contributed by atoms with Gasteiger partial charge in [0, 0.05) is 12.2 Å². The SMILES string of the molecule is O=C(NC1CCCCC1C(=O)O)c1cccnc1Br. The fourth-order valence-electron chi connectivity index (χ4n) is 2.40. The van der Waals surface area contributed by atoms with Gasteiger partial charge in [0.2, 0.25) is 0 Å². The van der Waals surface area contributed by atoms with E-state index in [0.717, 1.165) is 12.8 Å². The van der Waals surface area contributed by atoms with E-state index in [-0.39, 0.29) is 11.9 Å². The normalized spacial score (nSPS) is 22.8. The van der Waals surface area contributed by atoms with Crippen molar-refractivity contribution in [3.63, 3.8) is 0 Å². The lowest BCUT2D eigenvalue weighted by atomic mass is 9.84. The van der Waals surface area contributed by atoms with E-state index in [1.165, 1.54) is 0 Å². The van der Waals surface area contributed by atoms with Crippen molar-refractivity contribution < 1.29 is 14.7 Å². The Morgan fingerprint density at radius 3 is 2.79 bits per heavy atom. The fourth-order valence-corrected chi connectivity index (χ4v) is 2.83. The molecule has 0 bridgehead atoms. The molecular formula is C13H15BrN2O3. The van der Waals surface area contributed by atoms with Crippen LogP contribution in [0.4, 0.5) is 0 Å². The van der Waals surface area contributed by atoms with Crippen molar-refractivity contribution in [2.75, 3.05) is 0 Å². The molecule has 0 spiro atoms. The highest BCUT2D eigenvalue weighted by atomic mass is 79.9. The van der Waals surface area contributed by atoms with E-state index in [1.54, 1.807) is 18.3 Å². The van der Waals surface area contributed by atoms with E-state index >= 15 is 0 Å². The number of nitrogens with one attached hydrogen (secondary N) is 1. The Hall–Kier alpha value is -1.43. The highest BCUT2D eigenvalue weighted by Crippen LogP contribution is 2.25. The Kier molecular flexibility index (Phi) is 4.52. The number of carboxylic acid groups (broad SMARTS) is 1. The van der Waals surface area contributed by atoms with Crippen LogP contribution < -0.4 is 5.32 Å². The van der Waals surface area contributed by atoms with E-state index in [9.17, 15) is 14.7 Å². The summed E-state index contributed by atoms with van der Waals surface area (Å²) in [6, 6.07) is 3.03. The summed E-state index contributed by atoms with van der Waals surface area (Å²) in [4.78, 5) is 27.3. The molecule has 2 atom stereocenters. The number of nitrogens with zero attached hydrogens (tertiary/aromatic N) is 1. The van der Waals surface area contributed by atoms with Crippen LogP contribution in [0.2, 0.25) is 0 Å². The lowest BCUT2D eigenvalue weighted by Gasteiger charge is -2.29. The molecule has 5 nitrogen and oxygen atoms in total. The summed E-state index contributed by atoms with van der Waals surface area (Å²) >= 11 is 3.22. The van der Waals surface area contributed by atoms with Crippen molar-refractivity contribution in [2.24, 2.45) is 5.92 Å². The van der Waals surface area contributed by atoms with Crippen molar-refractivity contribution in [3.05, 3.63) is 28.5 Å².